The Morgan fingerprint density at radius 1 is 1.28 bits per heavy atom. The van der Waals surface area contributed by atoms with Crippen LogP contribution < -0.4 is 15.4 Å². The number of nitrogens with one attached hydrogen (secondary N) is 2. The van der Waals surface area contributed by atoms with Gasteiger partial charge in [0.25, 0.3) is 0 Å². The third kappa shape index (κ3) is 5.82. The van der Waals surface area contributed by atoms with E-state index in [0.29, 0.717) is 22.2 Å². The summed E-state index contributed by atoms with van der Waals surface area (Å²) >= 11 is 7.05. The Labute approximate surface area is 177 Å². The summed E-state index contributed by atoms with van der Waals surface area (Å²) in [5.74, 6) is 0.0583. The highest BCUT2D eigenvalue weighted by Gasteiger charge is 2.30. The zero-order valence-corrected chi connectivity index (χ0v) is 17.4. The van der Waals surface area contributed by atoms with E-state index in [2.05, 4.69) is 20.8 Å². The van der Waals surface area contributed by atoms with Crippen molar-refractivity contribution in [2.45, 2.75) is 18.6 Å². The van der Waals surface area contributed by atoms with Gasteiger partial charge in [0.2, 0.25) is 11.8 Å². The number of carbonyl (C=O) groups excluding carboxylic acids is 2. The summed E-state index contributed by atoms with van der Waals surface area (Å²) in [6, 6.07) is 14.2. The molecule has 2 aromatic rings. The van der Waals surface area contributed by atoms with Crippen LogP contribution in [0.3, 0.4) is 0 Å². The van der Waals surface area contributed by atoms with Gasteiger partial charge >= 0.3 is 0 Å². The molecule has 1 unspecified atom stereocenters. The highest BCUT2D eigenvalue weighted by molar-refractivity contribution is 8.15. The number of ether oxygens (including phenoxy) is 1. The van der Waals surface area contributed by atoms with Gasteiger partial charge in [-0.15, -0.1) is 5.10 Å². The van der Waals surface area contributed by atoms with Gasteiger partial charge in [-0.2, -0.15) is 5.10 Å². The predicted octanol–water partition coefficient (Wildman–Crippen LogP) is 3.69. The first-order valence-corrected chi connectivity index (χ1v) is 10.00. The lowest BCUT2D eigenvalue weighted by Gasteiger charge is -2.21. The predicted molar refractivity (Wildman–Crippen MR) is 117 cm³/mol. The van der Waals surface area contributed by atoms with Crippen LogP contribution in [0.5, 0.6) is 5.75 Å². The van der Waals surface area contributed by atoms with Gasteiger partial charge in [0.15, 0.2) is 5.17 Å². The van der Waals surface area contributed by atoms with Crippen LogP contribution in [0.15, 0.2) is 58.7 Å². The second-order valence-corrected chi connectivity index (χ2v) is 7.81. The quantitative estimate of drug-likeness (QED) is 0.559. The lowest BCUT2D eigenvalue weighted by Crippen LogP contribution is -2.41. The molecule has 7 nitrogen and oxygen atoms in total. The van der Waals surface area contributed by atoms with Crippen LogP contribution in [0.2, 0.25) is 5.02 Å². The first-order valence-electron chi connectivity index (χ1n) is 8.74. The van der Waals surface area contributed by atoms with Crippen molar-refractivity contribution < 1.29 is 14.3 Å². The Morgan fingerprint density at radius 2 is 2.03 bits per heavy atom. The summed E-state index contributed by atoms with van der Waals surface area (Å²) < 4.78 is 5.15. The second-order valence-electron chi connectivity index (χ2n) is 6.18. The number of carbonyl (C=O) groups is 2. The van der Waals surface area contributed by atoms with Gasteiger partial charge in [-0.05, 0) is 36.8 Å². The van der Waals surface area contributed by atoms with Crippen molar-refractivity contribution in [1.29, 1.82) is 0 Å². The molecular formula is C20H19ClN4O3S. The van der Waals surface area contributed by atoms with Gasteiger partial charge in [-0.3, -0.25) is 9.59 Å². The van der Waals surface area contributed by atoms with Gasteiger partial charge in [0.1, 0.15) is 11.0 Å². The molecule has 2 N–H and O–H groups in total. The number of rotatable bonds is 5. The van der Waals surface area contributed by atoms with Crippen molar-refractivity contribution in [3.63, 3.8) is 0 Å². The standard InChI is InChI=1S/C20H19ClN4O3S/c1-12(13-6-8-14(21)9-7-13)24-25-20-23-18(26)11-17(29-20)19(27)22-15-4-3-5-16(10-15)28-2/h3-10,17H,11H2,1-2H3,(H,22,27)(H,23,25,26)/b24-12-. The molecule has 1 fully saturated rings. The lowest BCUT2D eigenvalue weighted by molar-refractivity contribution is -0.123. The minimum absolute atomic E-state index is 0.0549. The second kappa shape index (κ2) is 9.58. The molecule has 0 bridgehead atoms. The number of anilines is 1. The number of benzene rings is 2. The molecule has 1 atom stereocenters. The van der Waals surface area contributed by atoms with Crippen molar-refractivity contribution in [3.05, 3.63) is 59.1 Å². The van der Waals surface area contributed by atoms with E-state index < -0.39 is 5.25 Å². The van der Waals surface area contributed by atoms with Gasteiger partial charge < -0.3 is 15.4 Å². The van der Waals surface area contributed by atoms with Gasteiger partial charge in [-0.1, -0.05) is 41.6 Å². The summed E-state index contributed by atoms with van der Waals surface area (Å²) in [5, 5.41) is 14.0. The zero-order valence-electron chi connectivity index (χ0n) is 15.8. The average molecular weight is 431 g/mol. The number of thioether (sulfide) groups is 1. The number of nitrogens with zero attached hydrogens (tertiary/aromatic N) is 2. The molecule has 0 spiro atoms. The van der Waals surface area contributed by atoms with Crippen LogP contribution in [0, 0.1) is 0 Å². The van der Waals surface area contributed by atoms with Gasteiger partial charge in [-0.25, -0.2) is 0 Å². The molecule has 0 radical (unpaired) electrons. The fraction of sp³-hybridized carbons (Fsp3) is 0.200. The topological polar surface area (TPSA) is 92.1 Å². The minimum atomic E-state index is -0.611. The number of amides is 2. The van der Waals surface area contributed by atoms with E-state index in [1.807, 2.05) is 12.1 Å². The lowest BCUT2D eigenvalue weighted by atomic mass is 10.1. The Bertz CT molecular complexity index is 976. The van der Waals surface area contributed by atoms with Crippen molar-refractivity contribution in [1.82, 2.24) is 5.32 Å². The largest absolute Gasteiger partial charge is 0.497 e. The van der Waals surface area contributed by atoms with E-state index in [1.54, 1.807) is 50.4 Å². The fourth-order valence-corrected chi connectivity index (χ4v) is 3.59. The Balaban J connectivity index is 1.69. The molecule has 0 aliphatic carbocycles. The summed E-state index contributed by atoms with van der Waals surface area (Å²) in [7, 11) is 1.55. The maximum atomic E-state index is 12.6. The van der Waals surface area contributed by atoms with Crippen LogP contribution in [-0.2, 0) is 9.59 Å². The first kappa shape index (κ1) is 20.9. The molecule has 29 heavy (non-hydrogen) atoms. The molecule has 2 aromatic carbocycles. The molecule has 9 heteroatoms. The normalized spacial score (nSPS) is 18.3. The van der Waals surface area contributed by atoms with E-state index in [1.165, 1.54) is 0 Å². The van der Waals surface area contributed by atoms with Gasteiger partial charge in [0, 0.05) is 23.2 Å². The summed E-state index contributed by atoms with van der Waals surface area (Å²) in [6.07, 6.45) is 0.0549. The Hall–Kier alpha value is -2.84. The number of amidine groups is 1. The van der Waals surface area contributed by atoms with Crippen LogP contribution in [0.4, 0.5) is 5.69 Å². The molecule has 1 saturated heterocycles. The number of hydrogen-bond donors (Lipinski definition) is 2. The van der Waals surface area contributed by atoms with E-state index in [9.17, 15) is 9.59 Å². The Kier molecular flexibility index (Phi) is 6.90. The van der Waals surface area contributed by atoms with E-state index in [-0.39, 0.29) is 23.4 Å². The molecule has 150 valence electrons. The molecule has 1 aliphatic rings. The van der Waals surface area contributed by atoms with E-state index in [0.717, 1.165) is 17.3 Å². The zero-order chi connectivity index (χ0) is 20.8. The molecule has 0 saturated carbocycles. The van der Waals surface area contributed by atoms with Crippen molar-refractivity contribution in [2.24, 2.45) is 10.2 Å². The summed E-state index contributed by atoms with van der Waals surface area (Å²) in [4.78, 5) is 24.6. The molecular weight excluding hydrogens is 412 g/mol. The van der Waals surface area contributed by atoms with Crippen LogP contribution >= 0.6 is 23.4 Å². The minimum Gasteiger partial charge on any atom is -0.497 e. The molecule has 1 heterocycles. The number of halogens is 1. The fourth-order valence-electron chi connectivity index (χ4n) is 2.53. The van der Waals surface area contributed by atoms with Gasteiger partial charge in [0.05, 0.1) is 12.8 Å². The number of hydrogen-bond acceptors (Lipinski definition) is 6. The molecule has 0 aromatic heterocycles. The average Bonchev–Trinajstić information content (AvgIpc) is 2.72. The monoisotopic (exact) mass is 430 g/mol. The highest BCUT2D eigenvalue weighted by Crippen LogP contribution is 2.24. The SMILES string of the molecule is COc1cccc(NC(=O)C2CC(=O)N/C(=N\N=C(\C)c3ccc(Cl)cc3)S2)c1. The van der Waals surface area contributed by atoms with Crippen LogP contribution in [-0.4, -0.2) is 35.1 Å². The van der Waals surface area contributed by atoms with Crippen LogP contribution in [0.25, 0.3) is 0 Å². The Morgan fingerprint density at radius 3 is 2.76 bits per heavy atom. The number of methoxy groups -OCH3 is 1. The maximum absolute atomic E-state index is 12.6. The molecule has 2 amide bonds. The highest BCUT2D eigenvalue weighted by atomic mass is 35.5. The third-order valence-electron chi connectivity index (χ3n) is 4.05. The first-order chi connectivity index (χ1) is 13.9. The summed E-state index contributed by atoms with van der Waals surface area (Å²) in [5.41, 5.74) is 2.11. The summed E-state index contributed by atoms with van der Waals surface area (Å²) in [6.45, 7) is 1.80. The van der Waals surface area contributed by atoms with Crippen LogP contribution in [0.1, 0.15) is 18.9 Å². The third-order valence-corrected chi connectivity index (χ3v) is 5.38. The smallest absolute Gasteiger partial charge is 0.238 e. The molecule has 3 rings (SSSR count). The van der Waals surface area contributed by atoms with E-state index in [4.69, 9.17) is 16.3 Å². The van der Waals surface area contributed by atoms with Crippen molar-refractivity contribution in [3.8, 4) is 5.75 Å². The van der Waals surface area contributed by atoms with Crippen molar-refractivity contribution >= 4 is 51.7 Å². The molecule has 1 aliphatic heterocycles. The maximum Gasteiger partial charge on any atom is 0.238 e. The van der Waals surface area contributed by atoms with E-state index >= 15 is 0 Å². The van der Waals surface area contributed by atoms with Crippen molar-refractivity contribution in [2.75, 3.05) is 12.4 Å².